The lowest BCUT2D eigenvalue weighted by Crippen LogP contribution is -2.37. The number of halogens is 2. The number of rotatable bonds is 11. The second kappa shape index (κ2) is 13.5. The SMILES string of the molecule is O=C(Cc1ccc(Oc2ncnc3cc(OCCCN4CCOCC4)c4c(c23)OCCO4)cc1)Cc1ccc(F)c(Cl)c1. The Labute approximate surface area is 253 Å². The quantitative estimate of drug-likeness (QED) is 0.207. The topological polar surface area (TPSA) is 92.2 Å². The average Bonchev–Trinajstić information content (AvgIpc) is 3.02. The van der Waals surface area contributed by atoms with Gasteiger partial charge in [0.25, 0.3) is 0 Å². The predicted molar refractivity (Wildman–Crippen MR) is 158 cm³/mol. The Morgan fingerprint density at radius 2 is 1.67 bits per heavy atom. The lowest BCUT2D eigenvalue weighted by atomic mass is 10.0. The van der Waals surface area contributed by atoms with Gasteiger partial charge < -0.3 is 23.7 Å². The van der Waals surface area contributed by atoms with Crippen LogP contribution in [0.15, 0.2) is 54.9 Å². The third kappa shape index (κ3) is 7.15. The predicted octanol–water partition coefficient (Wildman–Crippen LogP) is 5.44. The highest BCUT2D eigenvalue weighted by Crippen LogP contribution is 2.47. The van der Waals surface area contributed by atoms with Crippen molar-refractivity contribution in [3.63, 3.8) is 0 Å². The fourth-order valence-corrected chi connectivity index (χ4v) is 5.32. The second-order valence-electron chi connectivity index (χ2n) is 10.3. The van der Waals surface area contributed by atoms with E-state index in [0.717, 1.165) is 44.8 Å². The highest BCUT2D eigenvalue weighted by Gasteiger charge is 2.25. The van der Waals surface area contributed by atoms with Crippen LogP contribution in [-0.4, -0.2) is 73.3 Å². The first-order chi connectivity index (χ1) is 21.0. The van der Waals surface area contributed by atoms with Crippen LogP contribution < -0.4 is 18.9 Å². The highest BCUT2D eigenvalue weighted by molar-refractivity contribution is 6.30. The van der Waals surface area contributed by atoms with Gasteiger partial charge in [-0.3, -0.25) is 9.69 Å². The summed E-state index contributed by atoms with van der Waals surface area (Å²) in [7, 11) is 0. The maximum atomic E-state index is 13.4. The number of ketones is 1. The Kier molecular flexibility index (Phi) is 9.16. The van der Waals surface area contributed by atoms with Crippen molar-refractivity contribution in [2.45, 2.75) is 19.3 Å². The number of carbonyl (C=O) groups excluding carboxylic acids is 1. The molecule has 0 bridgehead atoms. The van der Waals surface area contributed by atoms with Crippen LogP contribution in [0.4, 0.5) is 4.39 Å². The third-order valence-electron chi connectivity index (χ3n) is 7.25. The first-order valence-corrected chi connectivity index (χ1v) is 14.6. The number of aromatic nitrogens is 2. The number of carbonyl (C=O) groups is 1. The van der Waals surface area contributed by atoms with Crippen LogP contribution >= 0.6 is 11.6 Å². The summed E-state index contributed by atoms with van der Waals surface area (Å²) in [4.78, 5) is 23.8. The van der Waals surface area contributed by atoms with E-state index in [9.17, 15) is 9.18 Å². The molecule has 0 atom stereocenters. The monoisotopic (exact) mass is 607 g/mol. The summed E-state index contributed by atoms with van der Waals surface area (Å²) in [5.41, 5.74) is 2.10. The van der Waals surface area contributed by atoms with Crippen molar-refractivity contribution in [2.75, 3.05) is 52.7 Å². The molecule has 1 fully saturated rings. The van der Waals surface area contributed by atoms with E-state index in [0.29, 0.717) is 65.2 Å². The Hall–Kier alpha value is -3.99. The fraction of sp³-hybridized carbons (Fsp3) is 0.344. The number of Topliss-reactive ketones (excluding diaryl/α,β-unsaturated/α-hetero) is 1. The van der Waals surface area contributed by atoms with Gasteiger partial charge in [-0.15, -0.1) is 0 Å². The van der Waals surface area contributed by atoms with Crippen molar-refractivity contribution in [2.24, 2.45) is 0 Å². The molecule has 4 aromatic rings. The molecule has 2 aliphatic heterocycles. The first kappa shape index (κ1) is 29.1. The minimum atomic E-state index is -0.506. The maximum Gasteiger partial charge on any atom is 0.234 e. The summed E-state index contributed by atoms with van der Waals surface area (Å²) in [6, 6.07) is 13.4. The molecular formula is C32H31ClFN3O6. The van der Waals surface area contributed by atoms with E-state index in [1.54, 1.807) is 18.2 Å². The summed E-state index contributed by atoms with van der Waals surface area (Å²) in [5.74, 6) is 1.92. The first-order valence-electron chi connectivity index (χ1n) is 14.3. The average molecular weight is 608 g/mol. The number of fused-ring (bicyclic) bond motifs is 3. The third-order valence-corrected chi connectivity index (χ3v) is 7.54. The maximum absolute atomic E-state index is 13.4. The molecule has 2 aliphatic rings. The van der Waals surface area contributed by atoms with Crippen LogP contribution in [0, 0.1) is 5.82 Å². The summed E-state index contributed by atoms with van der Waals surface area (Å²) < 4.78 is 43.1. The Balaban J connectivity index is 1.13. The van der Waals surface area contributed by atoms with Gasteiger partial charge in [-0.1, -0.05) is 29.8 Å². The standard InChI is InChI=1S/C32H31ClFN3O6/c33-25-18-22(4-7-26(25)34)17-23(38)16-21-2-5-24(6-3-21)43-32-29-27(35-20-36-32)19-28(30-31(29)42-15-14-41-30)40-11-1-8-37-9-12-39-13-10-37/h2-7,18-20H,1,8-17H2. The normalized spacial score (nSPS) is 14.9. The van der Waals surface area contributed by atoms with Crippen LogP contribution in [0.5, 0.6) is 28.9 Å². The molecule has 9 nitrogen and oxygen atoms in total. The van der Waals surface area contributed by atoms with E-state index in [1.165, 1.54) is 18.5 Å². The molecule has 224 valence electrons. The molecule has 11 heteroatoms. The summed E-state index contributed by atoms with van der Waals surface area (Å²) in [6.07, 6.45) is 2.69. The molecule has 6 rings (SSSR count). The summed E-state index contributed by atoms with van der Waals surface area (Å²) in [5, 5.41) is 0.598. The smallest absolute Gasteiger partial charge is 0.234 e. The molecule has 1 aromatic heterocycles. The van der Waals surface area contributed by atoms with Crippen LogP contribution in [0.25, 0.3) is 10.9 Å². The van der Waals surface area contributed by atoms with E-state index in [2.05, 4.69) is 14.9 Å². The van der Waals surface area contributed by atoms with Gasteiger partial charge in [-0.2, -0.15) is 0 Å². The molecular weight excluding hydrogens is 577 g/mol. The van der Waals surface area contributed by atoms with Crippen molar-refractivity contribution in [1.29, 1.82) is 0 Å². The molecule has 0 saturated carbocycles. The molecule has 0 amide bonds. The van der Waals surface area contributed by atoms with Crippen molar-refractivity contribution >= 4 is 28.3 Å². The molecule has 0 spiro atoms. The Morgan fingerprint density at radius 1 is 0.930 bits per heavy atom. The van der Waals surface area contributed by atoms with Crippen molar-refractivity contribution in [3.05, 3.63) is 76.8 Å². The van der Waals surface area contributed by atoms with Gasteiger partial charge in [0, 0.05) is 38.5 Å². The van der Waals surface area contributed by atoms with E-state index in [1.807, 2.05) is 18.2 Å². The zero-order valence-electron chi connectivity index (χ0n) is 23.5. The lowest BCUT2D eigenvalue weighted by molar-refractivity contribution is -0.117. The Bertz CT molecular complexity index is 1600. The van der Waals surface area contributed by atoms with Crippen molar-refractivity contribution in [1.82, 2.24) is 14.9 Å². The number of hydrogen-bond acceptors (Lipinski definition) is 9. The van der Waals surface area contributed by atoms with Gasteiger partial charge in [0.15, 0.2) is 11.5 Å². The van der Waals surface area contributed by atoms with Crippen LogP contribution in [0.2, 0.25) is 5.02 Å². The molecule has 0 radical (unpaired) electrons. The number of benzene rings is 3. The molecule has 0 unspecified atom stereocenters. The van der Waals surface area contributed by atoms with E-state index < -0.39 is 5.82 Å². The molecule has 1 saturated heterocycles. The molecule has 0 aliphatic carbocycles. The van der Waals surface area contributed by atoms with Gasteiger partial charge >= 0.3 is 0 Å². The van der Waals surface area contributed by atoms with Crippen molar-refractivity contribution in [3.8, 4) is 28.9 Å². The van der Waals surface area contributed by atoms with Crippen LogP contribution in [0.1, 0.15) is 17.5 Å². The van der Waals surface area contributed by atoms with Crippen LogP contribution in [-0.2, 0) is 22.4 Å². The van der Waals surface area contributed by atoms with Gasteiger partial charge in [-0.05, 0) is 41.8 Å². The Morgan fingerprint density at radius 3 is 2.47 bits per heavy atom. The number of morpholine rings is 1. The van der Waals surface area contributed by atoms with Gasteiger partial charge in [0.2, 0.25) is 11.6 Å². The van der Waals surface area contributed by atoms with Crippen LogP contribution in [0.3, 0.4) is 0 Å². The number of nitrogens with zero attached hydrogens (tertiary/aromatic N) is 3. The summed E-state index contributed by atoms with van der Waals surface area (Å²) >= 11 is 5.84. The van der Waals surface area contributed by atoms with E-state index in [4.69, 9.17) is 35.3 Å². The summed E-state index contributed by atoms with van der Waals surface area (Å²) in [6.45, 7) is 5.67. The number of ether oxygens (including phenoxy) is 5. The van der Waals surface area contributed by atoms with Gasteiger partial charge in [0.1, 0.15) is 42.3 Å². The minimum Gasteiger partial charge on any atom is -0.489 e. The number of hydrogen-bond donors (Lipinski definition) is 0. The van der Waals surface area contributed by atoms with Gasteiger partial charge in [0.05, 0.1) is 30.4 Å². The minimum absolute atomic E-state index is 0.00510. The molecule has 43 heavy (non-hydrogen) atoms. The zero-order valence-corrected chi connectivity index (χ0v) is 24.3. The fourth-order valence-electron chi connectivity index (χ4n) is 5.12. The van der Waals surface area contributed by atoms with Gasteiger partial charge in [-0.25, -0.2) is 14.4 Å². The van der Waals surface area contributed by atoms with Crippen molar-refractivity contribution < 1.29 is 32.9 Å². The second-order valence-corrected chi connectivity index (χ2v) is 10.8. The lowest BCUT2D eigenvalue weighted by Gasteiger charge is -2.26. The van der Waals surface area contributed by atoms with E-state index >= 15 is 0 Å². The largest absolute Gasteiger partial charge is 0.489 e. The van der Waals surface area contributed by atoms with E-state index in [-0.39, 0.29) is 23.6 Å². The zero-order chi connectivity index (χ0) is 29.6. The molecule has 3 aromatic carbocycles. The highest BCUT2D eigenvalue weighted by atomic mass is 35.5. The molecule has 0 N–H and O–H groups in total. The molecule has 3 heterocycles.